The lowest BCUT2D eigenvalue weighted by Gasteiger charge is -2.22. The Labute approximate surface area is 125 Å². The van der Waals surface area contributed by atoms with Crippen LogP contribution in [0, 0.1) is 0 Å². The van der Waals surface area contributed by atoms with Gasteiger partial charge in [0, 0.05) is 0 Å². The Morgan fingerprint density at radius 1 is 1.42 bits per heavy atom. The Morgan fingerprint density at radius 2 is 2.00 bits per heavy atom. The van der Waals surface area contributed by atoms with Crippen molar-refractivity contribution >= 4 is 43.3 Å². The number of sulfonamides is 1. The van der Waals surface area contributed by atoms with Gasteiger partial charge in [0.2, 0.25) is 0 Å². The van der Waals surface area contributed by atoms with Gasteiger partial charge in [-0.2, -0.15) is 4.72 Å². The number of nitrogens with one attached hydrogen (secondary N) is 1. The molecule has 0 saturated carbocycles. The maximum atomic E-state index is 12.0. The Balaban J connectivity index is 2.76. The van der Waals surface area contributed by atoms with Crippen molar-refractivity contribution in [2.75, 3.05) is 0 Å². The number of carbonyl (C=O) groups is 1. The fourth-order valence-electron chi connectivity index (χ4n) is 1.17. The van der Waals surface area contributed by atoms with Crippen molar-refractivity contribution in [2.45, 2.75) is 43.5 Å². The fraction of sp³-hybridized carbons (Fsp3) is 0.545. The van der Waals surface area contributed by atoms with E-state index in [2.05, 4.69) is 20.7 Å². The van der Waals surface area contributed by atoms with Gasteiger partial charge in [0.15, 0.2) is 0 Å². The third-order valence-corrected chi connectivity index (χ3v) is 5.56. The maximum absolute atomic E-state index is 12.0. The summed E-state index contributed by atoms with van der Waals surface area (Å²) < 4.78 is 32.3. The number of carbonyl (C=O) groups excluding carboxylic acids is 1. The van der Waals surface area contributed by atoms with Crippen LogP contribution in [0.15, 0.2) is 20.1 Å². The number of esters is 1. The van der Waals surface area contributed by atoms with Crippen molar-refractivity contribution in [2.24, 2.45) is 0 Å². The number of halogens is 1. The molecular weight excluding hydrogens is 354 g/mol. The quantitative estimate of drug-likeness (QED) is 0.827. The molecule has 108 valence electrons. The first kappa shape index (κ1) is 16.6. The Bertz CT molecular complexity index is 559. The van der Waals surface area contributed by atoms with Gasteiger partial charge in [0.05, 0.1) is 3.79 Å². The van der Waals surface area contributed by atoms with Crippen molar-refractivity contribution in [3.63, 3.8) is 0 Å². The molecule has 0 bridgehead atoms. The van der Waals surface area contributed by atoms with Gasteiger partial charge >= 0.3 is 5.97 Å². The second kappa shape index (κ2) is 5.90. The average molecular weight is 370 g/mol. The summed E-state index contributed by atoms with van der Waals surface area (Å²) in [6, 6.07) is 2.17. The van der Waals surface area contributed by atoms with Crippen molar-refractivity contribution in [3.8, 4) is 0 Å². The summed E-state index contributed by atoms with van der Waals surface area (Å²) >= 11 is 4.27. The normalized spacial score (nSPS) is 14.2. The summed E-state index contributed by atoms with van der Waals surface area (Å²) in [6.07, 6.45) is 0. The van der Waals surface area contributed by atoms with Crippen LogP contribution in [0.4, 0.5) is 0 Å². The van der Waals surface area contributed by atoms with Crippen LogP contribution in [0.5, 0.6) is 0 Å². The zero-order valence-corrected chi connectivity index (χ0v) is 14.3. The summed E-state index contributed by atoms with van der Waals surface area (Å²) in [5.74, 6) is -0.605. The molecule has 0 amide bonds. The summed E-state index contributed by atoms with van der Waals surface area (Å²) in [7, 11) is -3.70. The number of hydrogen-bond acceptors (Lipinski definition) is 5. The van der Waals surface area contributed by atoms with Gasteiger partial charge in [0.25, 0.3) is 10.0 Å². The molecule has 0 fully saturated rings. The molecule has 0 unspecified atom stereocenters. The molecule has 1 heterocycles. The van der Waals surface area contributed by atoms with Gasteiger partial charge in [-0.05, 0) is 55.8 Å². The molecule has 0 aliphatic rings. The minimum atomic E-state index is -3.70. The summed E-state index contributed by atoms with van der Waals surface area (Å²) in [5.41, 5.74) is -0.650. The Hall–Kier alpha value is -0.440. The van der Waals surface area contributed by atoms with Crippen molar-refractivity contribution in [3.05, 3.63) is 15.9 Å². The van der Waals surface area contributed by atoms with E-state index in [0.29, 0.717) is 3.79 Å². The highest BCUT2D eigenvalue weighted by atomic mass is 79.9. The fourth-order valence-corrected chi connectivity index (χ4v) is 4.39. The zero-order chi connectivity index (χ0) is 14.8. The lowest BCUT2D eigenvalue weighted by molar-refractivity contribution is -0.156. The average Bonchev–Trinajstić information content (AvgIpc) is 2.62. The SMILES string of the molecule is C[C@@H](NS(=O)(=O)c1ccc(Br)s1)C(=O)OC(C)(C)C. The Kier molecular flexibility index (Phi) is 5.16. The summed E-state index contributed by atoms with van der Waals surface area (Å²) in [4.78, 5) is 11.7. The van der Waals surface area contributed by atoms with E-state index < -0.39 is 27.6 Å². The molecule has 8 heteroatoms. The van der Waals surface area contributed by atoms with Crippen LogP contribution in [0.2, 0.25) is 0 Å². The molecular formula is C11H16BrNO4S2. The van der Waals surface area contributed by atoms with Gasteiger partial charge in [-0.15, -0.1) is 11.3 Å². The van der Waals surface area contributed by atoms with Crippen molar-refractivity contribution in [1.29, 1.82) is 0 Å². The van der Waals surface area contributed by atoms with E-state index in [9.17, 15) is 13.2 Å². The van der Waals surface area contributed by atoms with Crippen molar-refractivity contribution < 1.29 is 17.9 Å². The number of rotatable bonds is 4. The molecule has 0 aromatic carbocycles. The monoisotopic (exact) mass is 369 g/mol. The van der Waals surface area contributed by atoms with Crippen LogP contribution >= 0.6 is 27.3 Å². The first-order chi connectivity index (χ1) is 8.51. The van der Waals surface area contributed by atoms with Gasteiger partial charge in [-0.1, -0.05) is 0 Å². The van der Waals surface area contributed by atoms with Crippen LogP contribution in [0.3, 0.4) is 0 Å². The predicted octanol–water partition coefficient (Wildman–Crippen LogP) is 2.52. The highest BCUT2D eigenvalue weighted by Crippen LogP contribution is 2.26. The highest BCUT2D eigenvalue weighted by molar-refractivity contribution is 9.11. The van der Waals surface area contributed by atoms with E-state index in [4.69, 9.17) is 4.74 Å². The standard InChI is InChI=1S/C11H16BrNO4S2/c1-7(10(14)17-11(2,3)4)13-19(15,16)9-6-5-8(12)18-9/h5-7,13H,1-4H3/t7-/m1/s1. The number of thiophene rings is 1. The predicted molar refractivity (Wildman–Crippen MR) is 77.6 cm³/mol. The summed E-state index contributed by atoms with van der Waals surface area (Å²) in [6.45, 7) is 6.63. The van der Waals surface area contributed by atoms with Crippen LogP contribution in [0.1, 0.15) is 27.7 Å². The number of hydrogen-bond donors (Lipinski definition) is 1. The van der Waals surface area contributed by atoms with Crippen LogP contribution < -0.4 is 4.72 Å². The van der Waals surface area contributed by atoms with E-state index in [0.717, 1.165) is 11.3 Å². The first-order valence-corrected chi connectivity index (χ1v) is 8.61. The molecule has 0 aliphatic heterocycles. The highest BCUT2D eigenvalue weighted by Gasteiger charge is 2.27. The van der Waals surface area contributed by atoms with E-state index in [1.54, 1.807) is 26.8 Å². The van der Waals surface area contributed by atoms with Gasteiger partial charge in [-0.3, -0.25) is 4.79 Å². The van der Waals surface area contributed by atoms with Gasteiger partial charge in [-0.25, -0.2) is 8.42 Å². The van der Waals surface area contributed by atoms with Gasteiger partial charge < -0.3 is 4.74 Å². The number of ether oxygens (including phenoxy) is 1. The molecule has 1 rings (SSSR count). The molecule has 1 atom stereocenters. The molecule has 0 aliphatic carbocycles. The molecule has 0 radical (unpaired) electrons. The third-order valence-electron chi connectivity index (χ3n) is 1.91. The molecule has 1 aromatic heterocycles. The van der Waals surface area contributed by atoms with Crippen LogP contribution in [-0.2, 0) is 19.6 Å². The maximum Gasteiger partial charge on any atom is 0.324 e. The first-order valence-electron chi connectivity index (χ1n) is 5.52. The van der Waals surface area contributed by atoms with E-state index in [1.165, 1.54) is 13.0 Å². The van der Waals surface area contributed by atoms with E-state index in [-0.39, 0.29) is 4.21 Å². The van der Waals surface area contributed by atoms with Gasteiger partial charge in [0.1, 0.15) is 15.9 Å². The molecule has 0 spiro atoms. The van der Waals surface area contributed by atoms with Crippen LogP contribution in [0.25, 0.3) is 0 Å². The minimum Gasteiger partial charge on any atom is -0.459 e. The topological polar surface area (TPSA) is 72.5 Å². The minimum absolute atomic E-state index is 0.148. The summed E-state index contributed by atoms with van der Waals surface area (Å²) in [5, 5.41) is 0. The Morgan fingerprint density at radius 3 is 2.42 bits per heavy atom. The van der Waals surface area contributed by atoms with Crippen LogP contribution in [-0.4, -0.2) is 26.0 Å². The third kappa shape index (κ3) is 5.21. The molecule has 19 heavy (non-hydrogen) atoms. The van der Waals surface area contributed by atoms with Crippen molar-refractivity contribution in [1.82, 2.24) is 4.72 Å². The largest absolute Gasteiger partial charge is 0.459 e. The van der Waals surface area contributed by atoms with E-state index in [1.807, 2.05) is 0 Å². The van der Waals surface area contributed by atoms with E-state index >= 15 is 0 Å². The second-order valence-electron chi connectivity index (χ2n) is 4.93. The molecule has 1 N–H and O–H groups in total. The molecule has 5 nitrogen and oxygen atoms in total. The molecule has 0 saturated heterocycles. The zero-order valence-electron chi connectivity index (χ0n) is 11.1. The lowest BCUT2D eigenvalue weighted by atomic mass is 10.2. The smallest absolute Gasteiger partial charge is 0.324 e. The lowest BCUT2D eigenvalue weighted by Crippen LogP contribution is -2.41. The molecule has 1 aromatic rings. The second-order valence-corrected chi connectivity index (χ2v) is 9.34.